The Kier molecular flexibility index (Phi) is 5.46. The molecule has 1 aliphatic rings. The molecule has 6 heteroatoms. The summed E-state index contributed by atoms with van der Waals surface area (Å²) in [6, 6.07) is 14.8. The average Bonchev–Trinajstić information content (AvgIpc) is 2.92. The Labute approximate surface area is 156 Å². The van der Waals surface area contributed by atoms with Crippen LogP contribution in [0.25, 0.3) is 6.08 Å². The summed E-state index contributed by atoms with van der Waals surface area (Å²) in [7, 11) is 1.63. The lowest BCUT2D eigenvalue weighted by molar-refractivity contribution is -0.122. The first-order valence-electron chi connectivity index (χ1n) is 7.80. The van der Waals surface area contributed by atoms with E-state index in [4.69, 9.17) is 16.3 Å². The maximum atomic E-state index is 12.6. The van der Waals surface area contributed by atoms with Gasteiger partial charge in [0.2, 0.25) is 0 Å². The monoisotopic (exact) mass is 372 g/mol. The van der Waals surface area contributed by atoms with E-state index in [1.807, 2.05) is 49.4 Å². The molecule has 4 nitrogen and oxygen atoms in total. The fraction of sp³-hybridized carbons (Fsp3) is 0.158. The normalized spacial score (nSPS) is 17.6. The molecule has 128 valence electrons. The molecule has 3 rings (SSSR count). The van der Waals surface area contributed by atoms with Gasteiger partial charge < -0.3 is 4.74 Å². The highest BCUT2D eigenvalue weighted by molar-refractivity contribution is 8.18. The number of aliphatic imine (C=N–C) groups is 1. The van der Waals surface area contributed by atoms with E-state index in [0.717, 1.165) is 17.0 Å². The van der Waals surface area contributed by atoms with Crippen LogP contribution in [0.2, 0.25) is 5.02 Å². The van der Waals surface area contributed by atoms with Crippen molar-refractivity contribution in [3.05, 3.63) is 64.0 Å². The number of ether oxygens (including phenoxy) is 1. The van der Waals surface area contributed by atoms with Crippen LogP contribution in [-0.4, -0.2) is 29.6 Å². The van der Waals surface area contributed by atoms with E-state index < -0.39 is 0 Å². The summed E-state index contributed by atoms with van der Waals surface area (Å²) < 4.78 is 5.16. The van der Waals surface area contributed by atoms with Crippen LogP contribution in [0.4, 0.5) is 5.69 Å². The number of methoxy groups -OCH3 is 1. The minimum atomic E-state index is -0.0315. The predicted octanol–water partition coefficient (Wildman–Crippen LogP) is 4.97. The van der Waals surface area contributed by atoms with Crippen molar-refractivity contribution in [1.82, 2.24) is 4.90 Å². The van der Waals surface area contributed by atoms with Crippen LogP contribution < -0.4 is 4.74 Å². The van der Waals surface area contributed by atoms with Crippen LogP contribution in [0.15, 0.2) is 58.4 Å². The van der Waals surface area contributed by atoms with Crippen molar-refractivity contribution in [2.45, 2.75) is 6.92 Å². The lowest BCUT2D eigenvalue weighted by Crippen LogP contribution is -2.28. The molecule has 0 unspecified atom stereocenters. The molecule has 1 aliphatic heterocycles. The summed E-state index contributed by atoms with van der Waals surface area (Å²) in [6.07, 6.45) is 1.87. The van der Waals surface area contributed by atoms with Crippen molar-refractivity contribution in [3.8, 4) is 5.75 Å². The smallest absolute Gasteiger partial charge is 0.266 e. The number of carbonyl (C=O) groups excluding carboxylic acids is 1. The molecule has 0 aliphatic carbocycles. The number of benzene rings is 2. The van der Waals surface area contributed by atoms with Crippen LogP contribution in [-0.2, 0) is 4.79 Å². The van der Waals surface area contributed by atoms with Gasteiger partial charge in [-0.05, 0) is 66.7 Å². The molecule has 0 radical (unpaired) electrons. The van der Waals surface area contributed by atoms with Gasteiger partial charge >= 0.3 is 0 Å². The highest BCUT2D eigenvalue weighted by Gasteiger charge is 2.32. The number of likely N-dealkylation sites (N-methyl/N-ethyl adjacent to an activating group) is 1. The van der Waals surface area contributed by atoms with Gasteiger partial charge in [-0.1, -0.05) is 23.7 Å². The van der Waals surface area contributed by atoms with Crippen LogP contribution in [0.5, 0.6) is 5.75 Å². The Balaban J connectivity index is 1.88. The number of halogens is 1. The van der Waals surface area contributed by atoms with E-state index in [9.17, 15) is 4.79 Å². The van der Waals surface area contributed by atoms with Crippen molar-refractivity contribution in [2.75, 3.05) is 13.7 Å². The molecule has 1 amide bonds. The molecule has 0 atom stereocenters. The maximum Gasteiger partial charge on any atom is 0.266 e. The molecule has 0 bridgehead atoms. The highest BCUT2D eigenvalue weighted by Crippen LogP contribution is 2.34. The second-order valence-corrected chi connectivity index (χ2v) is 6.75. The van der Waals surface area contributed by atoms with Crippen molar-refractivity contribution in [2.24, 2.45) is 4.99 Å². The van der Waals surface area contributed by atoms with Crippen LogP contribution in [0.1, 0.15) is 12.5 Å². The number of amidine groups is 1. The molecule has 0 spiro atoms. The summed E-state index contributed by atoms with van der Waals surface area (Å²) in [6.45, 7) is 2.50. The van der Waals surface area contributed by atoms with Crippen LogP contribution in [0.3, 0.4) is 0 Å². The van der Waals surface area contributed by atoms with E-state index in [1.54, 1.807) is 24.1 Å². The largest absolute Gasteiger partial charge is 0.497 e. The Morgan fingerprint density at radius 1 is 1.16 bits per heavy atom. The zero-order chi connectivity index (χ0) is 17.8. The number of carbonyl (C=O) groups is 1. The lowest BCUT2D eigenvalue weighted by atomic mass is 10.2. The third-order valence-corrected chi connectivity index (χ3v) is 4.93. The van der Waals surface area contributed by atoms with E-state index in [-0.39, 0.29) is 5.91 Å². The molecule has 1 heterocycles. The van der Waals surface area contributed by atoms with E-state index in [2.05, 4.69) is 4.99 Å². The first-order chi connectivity index (χ1) is 12.1. The average molecular weight is 373 g/mol. The fourth-order valence-corrected chi connectivity index (χ4v) is 3.54. The number of rotatable bonds is 4. The van der Waals surface area contributed by atoms with E-state index in [1.165, 1.54) is 11.8 Å². The molecule has 0 N–H and O–H groups in total. The third kappa shape index (κ3) is 4.06. The minimum absolute atomic E-state index is 0.0315. The molecule has 0 aromatic heterocycles. The number of nitrogens with zero attached hydrogens (tertiary/aromatic N) is 2. The molecule has 1 saturated heterocycles. The topological polar surface area (TPSA) is 41.9 Å². The summed E-state index contributed by atoms with van der Waals surface area (Å²) in [5.74, 6) is 0.753. The van der Waals surface area contributed by atoms with Gasteiger partial charge in [-0.2, -0.15) is 0 Å². The SMILES string of the molecule is CCN1C(=O)/C(=C\c2ccc(OC)cc2)SC1=Nc1ccc(Cl)cc1. The standard InChI is InChI=1S/C19H17ClN2O2S/c1-3-22-18(23)17(12-13-4-10-16(24-2)11-5-13)25-19(22)21-15-8-6-14(20)7-9-15/h4-12H,3H2,1-2H3/b17-12+,21-19?. The summed E-state index contributed by atoms with van der Waals surface area (Å²) >= 11 is 7.28. The van der Waals surface area contributed by atoms with Crippen LogP contribution in [0, 0.1) is 0 Å². The first kappa shape index (κ1) is 17.6. The zero-order valence-electron chi connectivity index (χ0n) is 13.9. The first-order valence-corrected chi connectivity index (χ1v) is 9.00. The van der Waals surface area contributed by atoms with Gasteiger partial charge in [0.05, 0.1) is 17.7 Å². The number of hydrogen-bond acceptors (Lipinski definition) is 4. The number of thioether (sulfide) groups is 1. The van der Waals surface area contributed by atoms with Crippen molar-refractivity contribution in [3.63, 3.8) is 0 Å². The van der Waals surface area contributed by atoms with E-state index in [0.29, 0.717) is 21.6 Å². The highest BCUT2D eigenvalue weighted by atomic mass is 35.5. The third-order valence-electron chi connectivity index (χ3n) is 3.67. The second-order valence-electron chi connectivity index (χ2n) is 5.30. The predicted molar refractivity (Wildman–Crippen MR) is 104 cm³/mol. The van der Waals surface area contributed by atoms with Gasteiger partial charge in [0, 0.05) is 11.6 Å². The Morgan fingerprint density at radius 3 is 2.44 bits per heavy atom. The lowest BCUT2D eigenvalue weighted by Gasteiger charge is -2.11. The van der Waals surface area contributed by atoms with Crippen LogP contribution >= 0.6 is 23.4 Å². The Hall–Kier alpha value is -2.24. The molecule has 2 aromatic carbocycles. The molecule has 0 saturated carbocycles. The van der Waals surface area contributed by atoms with Gasteiger partial charge in [0.25, 0.3) is 5.91 Å². The minimum Gasteiger partial charge on any atom is -0.497 e. The molecular weight excluding hydrogens is 356 g/mol. The summed E-state index contributed by atoms with van der Waals surface area (Å²) in [5, 5.41) is 1.33. The van der Waals surface area contributed by atoms with Crippen molar-refractivity contribution >= 4 is 46.2 Å². The number of amides is 1. The quantitative estimate of drug-likeness (QED) is 0.711. The van der Waals surface area contributed by atoms with Gasteiger partial charge in [0.1, 0.15) is 5.75 Å². The molecular formula is C19H17ClN2O2S. The molecule has 1 fully saturated rings. The summed E-state index contributed by atoms with van der Waals surface area (Å²) in [4.78, 5) is 19.5. The second kappa shape index (κ2) is 7.76. The van der Waals surface area contributed by atoms with Gasteiger partial charge in [-0.25, -0.2) is 4.99 Å². The molecule has 2 aromatic rings. The van der Waals surface area contributed by atoms with Gasteiger partial charge in [-0.15, -0.1) is 0 Å². The van der Waals surface area contributed by atoms with Gasteiger partial charge in [0.15, 0.2) is 5.17 Å². The number of hydrogen-bond donors (Lipinski definition) is 0. The Bertz CT molecular complexity index is 830. The van der Waals surface area contributed by atoms with Crippen molar-refractivity contribution in [1.29, 1.82) is 0 Å². The Morgan fingerprint density at radius 2 is 1.84 bits per heavy atom. The maximum absolute atomic E-state index is 12.6. The van der Waals surface area contributed by atoms with Gasteiger partial charge in [-0.3, -0.25) is 9.69 Å². The fourth-order valence-electron chi connectivity index (χ4n) is 2.35. The van der Waals surface area contributed by atoms with Crippen molar-refractivity contribution < 1.29 is 9.53 Å². The zero-order valence-corrected chi connectivity index (χ0v) is 15.5. The molecule has 25 heavy (non-hydrogen) atoms. The van der Waals surface area contributed by atoms with E-state index >= 15 is 0 Å². The summed E-state index contributed by atoms with van der Waals surface area (Å²) in [5.41, 5.74) is 1.71.